The van der Waals surface area contributed by atoms with Crippen molar-refractivity contribution in [3.63, 3.8) is 0 Å². The summed E-state index contributed by atoms with van der Waals surface area (Å²) in [5.41, 5.74) is 0. The summed E-state index contributed by atoms with van der Waals surface area (Å²) >= 11 is 0. The number of hydrogen-bond acceptors (Lipinski definition) is 10. The molecular weight excluding hydrogens is 761 g/mol. The van der Waals surface area contributed by atoms with E-state index in [9.17, 15) is 30.0 Å². The van der Waals surface area contributed by atoms with Crippen molar-refractivity contribution in [3.05, 3.63) is 134 Å². The second kappa shape index (κ2) is 39.0. The summed E-state index contributed by atoms with van der Waals surface area (Å²) in [6.07, 6.45) is 49.0. The lowest BCUT2D eigenvalue weighted by atomic mass is 9.99. The van der Waals surface area contributed by atoms with Gasteiger partial charge >= 0.3 is 11.9 Å². The molecule has 3 unspecified atom stereocenters. The van der Waals surface area contributed by atoms with Gasteiger partial charge in [-0.1, -0.05) is 154 Å². The molecule has 0 aromatic heterocycles. The third-order valence-electron chi connectivity index (χ3n) is 8.91. The molecular formula is C50H74O10. The third kappa shape index (κ3) is 30.0. The Morgan fingerprint density at radius 1 is 0.533 bits per heavy atom. The first-order valence-corrected chi connectivity index (χ1v) is 21.8. The number of carbonyl (C=O) groups is 2. The number of unbranched alkanes of at least 4 members (excludes halogenated alkanes) is 4. The van der Waals surface area contributed by atoms with Crippen LogP contribution < -0.4 is 0 Å². The van der Waals surface area contributed by atoms with Gasteiger partial charge in [0, 0.05) is 12.8 Å². The number of esters is 2. The van der Waals surface area contributed by atoms with Crippen molar-refractivity contribution in [3.8, 4) is 0 Å². The topological polar surface area (TPSA) is 152 Å². The number of rotatable bonds is 33. The fraction of sp³-hybridized carbons (Fsp3) is 0.520. The first-order valence-electron chi connectivity index (χ1n) is 21.8. The molecule has 6 atom stereocenters. The van der Waals surface area contributed by atoms with E-state index in [4.69, 9.17) is 18.9 Å². The lowest BCUT2D eigenvalue weighted by Gasteiger charge is -2.39. The third-order valence-corrected chi connectivity index (χ3v) is 8.91. The van der Waals surface area contributed by atoms with Crippen molar-refractivity contribution >= 4 is 11.9 Å². The summed E-state index contributed by atoms with van der Waals surface area (Å²) in [4.78, 5) is 25.3. The lowest BCUT2D eigenvalue weighted by Crippen LogP contribution is -2.59. The van der Waals surface area contributed by atoms with Crippen LogP contribution in [-0.4, -0.2) is 89.0 Å². The van der Waals surface area contributed by atoms with Crippen molar-refractivity contribution in [2.24, 2.45) is 0 Å². The van der Waals surface area contributed by atoms with Crippen LogP contribution >= 0.6 is 0 Å². The van der Waals surface area contributed by atoms with E-state index >= 15 is 0 Å². The van der Waals surface area contributed by atoms with E-state index in [1.807, 2.05) is 54.7 Å². The molecule has 0 saturated carbocycles. The van der Waals surface area contributed by atoms with E-state index in [-0.39, 0.29) is 26.1 Å². The van der Waals surface area contributed by atoms with Crippen molar-refractivity contribution in [2.75, 3.05) is 19.8 Å². The SMILES string of the molecule is CC/C=C/C=C/C=C/C=C/C=C/CCCC(=O)OC(COC(=O)CCCCC/C=C/C/C=C/C/C=C/C/C=C/C/C=C/C/C=C/CC)CO[C@H]1O[C@@H](CO)[C@@H](O)C(O)C1O. The van der Waals surface area contributed by atoms with E-state index in [1.165, 1.54) is 0 Å². The number of ether oxygens (including phenoxy) is 4. The number of allylic oxidation sites excluding steroid dienone is 22. The first-order chi connectivity index (χ1) is 29.3. The summed E-state index contributed by atoms with van der Waals surface area (Å²) in [6.45, 7) is 3.01. The molecule has 0 spiro atoms. The van der Waals surface area contributed by atoms with Gasteiger partial charge in [0.1, 0.15) is 31.0 Å². The molecule has 0 aromatic rings. The maximum absolute atomic E-state index is 12.7. The zero-order valence-electron chi connectivity index (χ0n) is 36.1. The Kier molecular flexibility index (Phi) is 35.0. The Bertz CT molecular complexity index is 1430. The maximum Gasteiger partial charge on any atom is 0.306 e. The molecule has 1 saturated heterocycles. The van der Waals surface area contributed by atoms with Crippen LogP contribution in [0.15, 0.2) is 134 Å². The molecule has 4 N–H and O–H groups in total. The molecule has 1 aliphatic rings. The molecule has 1 heterocycles. The first kappa shape index (κ1) is 53.9. The van der Waals surface area contributed by atoms with Crippen LogP contribution in [0.3, 0.4) is 0 Å². The average Bonchev–Trinajstić information content (AvgIpc) is 3.25. The predicted octanol–water partition coefficient (Wildman–Crippen LogP) is 9.27. The van der Waals surface area contributed by atoms with Gasteiger partial charge in [0.2, 0.25) is 0 Å². The van der Waals surface area contributed by atoms with Gasteiger partial charge in [0.15, 0.2) is 12.4 Å². The fourth-order valence-corrected chi connectivity index (χ4v) is 5.51. The van der Waals surface area contributed by atoms with Crippen molar-refractivity contribution in [1.29, 1.82) is 0 Å². The van der Waals surface area contributed by atoms with Gasteiger partial charge in [-0.3, -0.25) is 9.59 Å². The summed E-state index contributed by atoms with van der Waals surface area (Å²) in [7, 11) is 0. The second-order valence-electron chi connectivity index (χ2n) is 14.2. The van der Waals surface area contributed by atoms with Crippen molar-refractivity contribution in [2.45, 2.75) is 147 Å². The van der Waals surface area contributed by atoms with Crippen LogP contribution in [0.5, 0.6) is 0 Å². The Balaban J connectivity index is 2.40. The summed E-state index contributed by atoms with van der Waals surface area (Å²) in [6, 6.07) is 0. The van der Waals surface area contributed by atoms with Crippen molar-refractivity contribution in [1.82, 2.24) is 0 Å². The molecule has 0 radical (unpaired) electrons. The van der Waals surface area contributed by atoms with Gasteiger partial charge in [-0.2, -0.15) is 0 Å². The van der Waals surface area contributed by atoms with Gasteiger partial charge < -0.3 is 39.4 Å². The Labute approximate surface area is 360 Å². The van der Waals surface area contributed by atoms with E-state index < -0.39 is 55.4 Å². The Morgan fingerprint density at radius 3 is 1.60 bits per heavy atom. The van der Waals surface area contributed by atoms with Gasteiger partial charge in [-0.05, 0) is 77.0 Å². The molecule has 334 valence electrons. The number of aliphatic hydroxyl groups excluding tert-OH is 4. The van der Waals surface area contributed by atoms with Crippen LogP contribution in [0.4, 0.5) is 0 Å². The molecule has 1 rings (SSSR count). The highest BCUT2D eigenvalue weighted by atomic mass is 16.7. The van der Waals surface area contributed by atoms with Crippen LogP contribution in [0, 0.1) is 0 Å². The number of carbonyl (C=O) groups excluding carboxylic acids is 2. The van der Waals surface area contributed by atoms with Crippen LogP contribution in [0.25, 0.3) is 0 Å². The highest BCUT2D eigenvalue weighted by molar-refractivity contribution is 5.70. The molecule has 1 fully saturated rings. The largest absolute Gasteiger partial charge is 0.462 e. The Hall–Kier alpha value is -4.16. The zero-order chi connectivity index (χ0) is 43.7. The van der Waals surface area contributed by atoms with Gasteiger partial charge in [-0.25, -0.2) is 0 Å². The van der Waals surface area contributed by atoms with Crippen LogP contribution in [0.2, 0.25) is 0 Å². The predicted molar refractivity (Wildman–Crippen MR) is 242 cm³/mol. The fourth-order valence-electron chi connectivity index (χ4n) is 5.51. The van der Waals surface area contributed by atoms with E-state index in [2.05, 4.69) is 92.8 Å². The maximum atomic E-state index is 12.7. The number of hydrogen-bond donors (Lipinski definition) is 4. The minimum absolute atomic E-state index is 0.116. The molecule has 1 aliphatic heterocycles. The van der Waals surface area contributed by atoms with E-state index in [0.717, 1.165) is 64.2 Å². The van der Waals surface area contributed by atoms with Crippen molar-refractivity contribution < 1.29 is 49.0 Å². The second-order valence-corrected chi connectivity index (χ2v) is 14.2. The minimum Gasteiger partial charge on any atom is -0.462 e. The highest BCUT2D eigenvalue weighted by Crippen LogP contribution is 2.22. The van der Waals surface area contributed by atoms with Crippen LogP contribution in [0.1, 0.15) is 110 Å². The van der Waals surface area contributed by atoms with Gasteiger partial charge in [-0.15, -0.1) is 0 Å². The monoisotopic (exact) mass is 835 g/mol. The Morgan fingerprint density at radius 2 is 1.03 bits per heavy atom. The molecule has 0 aromatic carbocycles. The summed E-state index contributed by atoms with van der Waals surface area (Å²) < 4.78 is 22.0. The molecule has 0 aliphatic carbocycles. The smallest absolute Gasteiger partial charge is 0.306 e. The molecule has 60 heavy (non-hydrogen) atoms. The molecule has 0 bridgehead atoms. The standard InChI is InChI=1S/C50H74O10/c1-3-5-7-9-11-13-15-17-18-19-20-21-22-23-24-25-27-28-30-32-34-36-38-45(52)57-41-43(42-58-50-49(56)48(55)47(54)44(40-51)60-50)59-46(53)39-37-35-33-31-29-26-16-14-12-10-8-6-4-2/h5-8,10-14,16-18,20-21,23-24,26-29,31,33,43-44,47-51,54-56H,3-4,9,15,19,22,25,30,32,34-42H2,1-2H3/b7-5+,8-6+,12-10+,13-11+,16-14+,18-17+,21-20+,24-23+,28-27+,29-26+,33-31+/t43?,44-,47+,48?,49?,50-/m0/s1. The zero-order valence-corrected chi connectivity index (χ0v) is 36.1. The van der Waals surface area contributed by atoms with E-state index in [0.29, 0.717) is 19.3 Å². The molecule has 10 nitrogen and oxygen atoms in total. The lowest BCUT2D eigenvalue weighted by molar-refractivity contribution is -0.305. The summed E-state index contributed by atoms with van der Waals surface area (Å²) in [5.74, 6) is -0.950. The van der Waals surface area contributed by atoms with Gasteiger partial charge in [0.05, 0.1) is 13.2 Å². The average molecular weight is 835 g/mol. The highest BCUT2D eigenvalue weighted by Gasteiger charge is 2.44. The number of aliphatic hydroxyl groups is 4. The van der Waals surface area contributed by atoms with E-state index in [1.54, 1.807) is 0 Å². The molecule has 0 amide bonds. The summed E-state index contributed by atoms with van der Waals surface area (Å²) in [5, 5.41) is 40.0. The normalized spacial score (nSPS) is 21.2. The minimum atomic E-state index is -1.62. The quantitative estimate of drug-likeness (QED) is 0.0218. The molecule has 10 heteroatoms. The van der Waals surface area contributed by atoms with Gasteiger partial charge in [0.25, 0.3) is 0 Å². The van der Waals surface area contributed by atoms with Crippen LogP contribution in [-0.2, 0) is 28.5 Å².